The molecule has 0 bridgehead atoms. The van der Waals surface area contributed by atoms with Crippen molar-refractivity contribution >= 4 is 11.8 Å². The Bertz CT molecular complexity index is 228. The summed E-state index contributed by atoms with van der Waals surface area (Å²) in [5.41, 5.74) is 6.87. The zero-order chi connectivity index (χ0) is 9.52. The molecular weight excluding hydrogens is 182 g/mol. The van der Waals surface area contributed by atoms with Crippen molar-refractivity contribution < 1.29 is 5.11 Å². The molecule has 1 rings (SSSR count). The molecule has 0 radical (unpaired) electrons. The zero-order valence-electron chi connectivity index (χ0n) is 7.52. The van der Waals surface area contributed by atoms with E-state index in [2.05, 4.69) is 12.1 Å². The fourth-order valence-corrected chi connectivity index (χ4v) is 1.91. The standard InChI is InChI=1S/C10H15NOS/c11-10(6-12)8-13-7-9-4-2-1-3-5-9/h1-5,10,12H,6-8,11H2/t10-/m0/s1. The summed E-state index contributed by atoms with van der Waals surface area (Å²) in [7, 11) is 0. The molecule has 0 saturated carbocycles. The van der Waals surface area contributed by atoms with Crippen LogP contribution in [0.4, 0.5) is 0 Å². The molecule has 1 aromatic rings. The molecule has 0 aliphatic heterocycles. The van der Waals surface area contributed by atoms with Gasteiger partial charge in [0.05, 0.1) is 6.61 Å². The van der Waals surface area contributed by atoms with E-state index < -0.39 is 0 Å². The molecule has 0 heterocycles. The molecule has 72 valence electrons. The topological polar surface area (TPSA) is 46.2 Å². The molecule has 1 aromatic carbocycles. The van der Waals surface area contributed by atoms with Gasteiger partial charge in [-0.2, -0.15) is 11.8 Å². The maximum atomic E-state index is 8.69. The summed E-state index contributed by atoms with van der Waals surface area (Å²) in [5.74, 6) is 1.78. The number of benzene rings is 1. The average molecular weight is 197 g/mol. The van der Waals surface area contributed by atoms with Crippen LogP contribution in [-0.2, 0) is 5.75 Å². The van der Waals surface area contributed by atoms with Gasteiger partial charge in [0.25, 0.3) is 0 Å². The highest BCUT2D eigenvalue weighted by molar-refractivity contribution is 7.98. The first-order valence-corrected chi connectivity index (χ1v) is 5.46. The maximum absolute atomic E-state index is 8.69. The van der Waals surface area contributed by atoms with Crippen molar-refractivity contribution in [3.05, 3.63) is 35.9 Å². The smallest absolute Gasteiger partial charge is 0.0590 e. The molecule has 3 N–H and O–H groups in total. The van der Waals surface area contributed by atoms with Crippen molar-refractivity contribution in [3.8, 4) is 0 Å². The van der Waals surface area contributed by atoms with Gasteiger partial charge in [0.2, 0.25) is 0 Å². The predicted octanol–water partition coefficient (Wildman–Crippen LogP) is 1.24. The molecule has 2 nitrogen and oxygen atoms in total. The SMILES string of the molecule is N[C@@H](CO)CSCc1ccccc1. The summed E-state index contributed by atoms with van der Waals surface area (Å²) in [5, 5.41) is 8.69. The molecule has 0 saturated heterocycles. The van der Waals surface area contributed by atoms with Gasteiger partial charge < -0.3 is 10.8 Å². The van der Waals surface area contributed by atoms with Crippen molar-refractivity contribution in [1.82, 2.24) is 0 Å². The number of nitrogens with two attached hydrogens (primary N) is 1. The van der Waals surface area contributed by atoms with Gasteiger partial charge in [-0.15, -0.1) is 0 Å². The minimum Gasteiger partial charge on any atom is -0.395 e. The van der Waals surface area contributed by atoms with Crippen LogP contribution >= 0.6 is 11.8 Å². The fraction of sp³-hybridized carbons (Fsp3) is 0.400. The van der Waals surface area contributed by atoms with E-state index >= 15 is 0 Å². The summed E-state index contributed by atoms with van der Waals surface area (Å²) >= 11 is 1.75. The van der Waals surface area contributed by atoms with E-state index in [1.165, 1.54) is 5.56 Å². The molecule has 0 aliphatic carbocycles. The molecule has 1 atom stereocenters. The molecule has 3 heteroatoms. The summed E-state index contributed by atoms with van der Waals surface area (Å²) in [6, 6.07) is 10.2. The van der Waals surface area contributed by atoms with E-state index in [1.807, 2.05) is 18.2 Å². The lowest BCUT2D eigenvalue weighted by Crippen LogP contribution is -2.26. The Labute approximate surface area is 83.1 Å². The largest absolute Gasteiger partial charge is 0.395 e. The zero-order valence-corrected chi connectivity index (χ0v) is 8.33. The fourth-order valence-electron chi connectivity index (χ4n) is 0.955. The second kappa shape index (κ2) is 6.02. The third-order valence-corrected chi connectivity index (χ3v) is 2.88. The van der Waals surface area contributed by atoms with Crippen LogP contribution in [0.1, 0.15) is 5.56 Å². The quantitative estimate of drug-likeness (QED) is 0.746. The van der Waals surface area contributed by atoms with Gasteiger partial charge in [0.15, 0.2) is 0 Å². The van der Waals surface area contributed by atoms with E-state index in [-0.39, 0.29) is 12.6 Å². The van der Waals surface area contributed by atoms with E-state index in [0.717, 1.165) is 11.5 Å². The third kappa shape index (κ3) is 4.31. The molecular formula is C10H15NOS. The van der Waals surface area contributed by atoms with Crippen LogP contribution in [0.25, 0.3) is 0 Å². The van der Waals surface area contributed by atoms with Crippen LogP contribution < -0.4 is 5.73 Å². The Morgan fingerprint density at radius 2 is 2.00 bits per heavy atom. The predicted molar refractivity (Wildman–Crippen MR) is 57.7 cm³/mol. The number of aliphatic hydroxyl groups excluding tert-OH is 1. The van der Waals surface area contributed by atoms with E-state index in [9.17, 15) is 0 Å². The van der Waals surface area contributed by atoms with Gasteiger partial charge in [-0.1, -0.05) is 30.3 Å². The number of hydrogen-bond acceptors (Lipinski definition) is 3. The van der Waals surface area contributed by atoms with Crippen LogP contribution in [0, 0.1) is 0 Å². The van der Waals surface area contributed by atoms with Crippen molar-refractivity contribution in [2.24, 2.45) is 5.73 Å². The minimum absolute atomic E-state index is 0.0712. The van der Waals surface area contributed by atoms with E-state index in [0.29, 0.717) is 0 Å². The first-order chi connectivity index (χ1) is 6.33. The van der Waals surface area contributed by atoms with E-state index in [4.69, 9.17) is 10.8 Å². The van der Waals surface area contributed by atoms with Gasteiger partial charge >= 0.3 is 0 Å². The van der Waals surface area contributed by atoms with Crippen LogP contribution in [0.5, 0.6) is 0 Å². The Kier molecular flexibility index (Phi) is 4.90. The Balaban J connectivity index is 2.20. The summed E-state index contributed by atoms with van der Waals surface area (Å²) < 4.78 is 0. The summed E-state index contributed by atoms with van der Waals surface area (Å²) in [6.45, 7) is 0.0712. The normalized spacial score (nSPS) is 12.8. The molecule has 0 aromatic heterocycles. The van der Waals surface area contributed by atoms with Gasteiger partial charge in [-0.05, 0) is 5.56 Å². The number of hydrogen-bond donors (Lipinski definition) is 2. The van der Waals surface area contributed by atoms with Gasteiger partial charge in [0.1, 0.15) is 0 Å². The average Bonchev–Trinajstić information content (AvgIpc) is 2.19. The van der Waals surface area contributed by atoms with Crippen molar-refractivity contribution in [2.75, 3.05) is 12.4 Å². The van der Waals surface area contributed by atoms with Gasteiger partial charge in [-0.25, -0.2) is 0 Å². The highest BCUT2D eigenvalue weighted by Crippen LogP contribution is 2.11. The first kappa shape index (κ1) is 10.6. The van der Waals surface area contributed by atoms with E-state index in [1.54, 1.807) is 11.8 Å². The number of aliphatic hydroxyl groups is 1. The minimum atomic E-state index is -0.0892. The lowest BCUT2D eigenvalue weighted by Gasteiger charge is -2.06. The Hall–Kier alpha value is -0.510. The van der Waals surface area contributed by atoms with Gasteiger partial charge in [0, 0.05) is 17.5 Å². The van der Waals surface area contributed by atoms with Gasteiger partial charge in [-0.3, -0.25) is 0 Å². The molecule has 0 spiro atoms. The molecule has 0 amide bonds. The third-order valence-electron chi connectivity index (χ3n) is 1.68. The maximum Gasteiger partial charge on any atom is 0.0590 e. The molecule has 0 aliphatic rings. The molecule has 13 heavy (non-hydrogen) atoms. The Morgan fingerprint density at radius 1 is 1.31 bits per heavy atom. The molecule has 0 unspecified atom stereocenters. The lowest BCUT2D eigenvalue weighted by molar-refractivity contribution is 0.275. The van der Waals surface area contributed by atoms with Crippen LogP contribution in [-0.4, -0.2) is 23.5 Å². The first-order valence-electron chi connectivity index (χ1n) is 4.31. The number of thioether (sulfide) groups is 1. The summed E-state index contributed by atoms with van der Waals surface area (Å²) in [4.78, 5) is 0. The van der Waals surface area contributed by atoms with Crippen LogP contribution in [0.3, 0.4) is 0 Å². The highest BCUT2D eigenvalue weighted by atomic mass is 32.2. The van der Waals surface area contributed by atoms with Crippen LogP contribution in [0.15, 0.2) is 30.3 Å². The molecule has 0 fully saturated rings. The lowest BCUT2D eigenvalue weighted by atomic mass is 10.2. The van der Waals surface area contributed by atoms with Crippen molar-refractivity contribution in [1.29, 1.82) is 0 Å². The van der Waals surface area contributed by atoms with Crippen molar-refractivity contribution in [2.45, 2.75) is 11.8 Å². The monoisotopic (exact) mass is 197 g/mol. The highest BCUT2D eigenvalue weighted by Gasteiger charge is 1.99. The number of rotatable bonds is 5. The second-order valence-electron chi connectivity index (χ2n) is 2.94. The van der Waals surface area contributed by atoms with Crippen LogP contribution in [0.2, 0.25) is 0 Å². The summed E-state index contributed by atoms with van der Waals surface area (Å²) in [6.07, 6.45) is 0. The Morgan fingerprint density at radius 3 is 2.62 bits per heavy atom. The second-order valence-corrected chi connectivity index (χ2v) is 3.97. The van der Waals surface area contributed by atoms with Crippen molar-refractivity contribution in [3.63, 3.8) is 0 Å².